The zero-order chi connectivity index (χ0) is 14.0. The first-order valence-corrected chi connectivity index (χ1v) is 7.78. The lowest BCUT2D eigenvalue weighted by atomic mass is 10.2. The molecule has 0 spiro atoms. The van der Waals surface area contributed by atoms with E-state index in [0.29, 0.717) is 39.4 Å². The van der Waals surface area contributed by atoms with Crippen molar-refractivity contribution in [2.75, 3.05) is 17.7 Å². The van der Waals surface area contributed by atoms with Crippen molar-refractivity contribution in [2.45, 2.75) is 6.54 Å². The van der Waals surface area contributed by atoms with E-state index in [-0.39, 0.29) is 0 Å². The summed E-state index contributed by atoms with van der Waals surface area (Å²) in [4.78, 5) is 0. The number of aromatic nitrogens is 4. The van der Waals surface area contributed by atoms with Crippen molar-refractivity contribution in [3.05, 3.63) is 22.2 Å². The second kappa shape index (κ2) is 5.85. The normalized spacial score (nSPS) is 12.6. The molecular weight excluding hydrogens is 309 g/mol. The van der Waals surface area contributed by atoms with Crippen molar-refractivity contribution in [1.82, 2.24) is 20.2 Å². The van der Waals surface area contributed by atoms with Gasteiger partial charge in [0.25, 0.3) is 0 Å². The minimum atomic E-state index is -0.916. The summed E-state index contributed by atoms with van der Waals surface area (Å²) in [6.45, 7) is 0.450. The summed E-state index contributed by atoms with van der Waals surface area (Å²) in [6, 6.07) is 3.30. The molecule has 0 amide bonds. The van der Waals surface area contributed by atoms with E-state index in [1.807, 2.05) is 0 Å². The molecule has 2 N–H and O–H groups in total. The number of tetrazole rings is 1. The van der Waals surface area contributed by atoms with Crippen LogP contribution in [0.25, 0.3) is 11.4 Å². The molecule has 0 fully saturated rings. The molecule has 1 heterocycles. The first-order chi connectivity index (χ1) is 8.99. The van der Waals surface area contributed by atoms with Crippen molar-refractivity contribution in [3.8, 4) is 11.4 Å². The van der Waals surface area contributed by atoms with Crippen molar-refractivity contribution >= 4 is 39.7 Å². The largest absolute Gasteiger partial charge is 0.397 e. The van der Waals surface area contributed by atoms with Gasteiger partial charge in [0.1, 0.15) is 0 Å². The van der Waals surface area contributed by atoms with Gasteiger partial charge in [-0.25, -0.2) is 4.68 Å². The molecule has 0 bridgehead atoms. The minimum absolute atomic E-state index is 0.305. The summed E-state index contributed by atoms with van der Waals surface area (Å²) < 4.78 is 12.7. The highest BCUT2D eigenvalue weighted by Gasteiger charge is 2.13. The minimum Gasteiger partial charge on any atom is -0.397 e. The lowest BCUT2D eigenvalue weighted by molar-refractivity contribution is 0.625. The fourth-order valence-corrected chi connectivity index (χ4v) is 2.28. The summed E-state index contributed by atoms with van der Waals surface area (Å²) in [7, 11) is -0.916. The number of benzene rings is 1. The maximum Gasteiger partial charge on any atom is 0.182 e. The van der Waals surface area contributed by atoms with Crippen LogP contribution < -0.4 is 5.73 Å². The number of aryl methyl sites for hydroxylation is 1. The molecule has 0 saturated heterocycles. The van der Waals surface area contributed by atoms with Crippen LogP contribution in [0.3, 0.4) is 0 Å². The summed E-state index contributed by atoms with van der Waals surface area (Å²) in [5, 5.41) is 12.0. The fraction of sp³-hybridized carbons (Fsp3) is 0.300. The van der Waals surface area contributed by atoms with E-state index in [0.717, 1.165) is 0 Å². The summed E-state index contributed by atoms with van der Waals surface area (Å²) in [5.41, 5.74) is 6.78. The highest BCUT2D eigenvalue weighted by Crippen LogP contribution is 2.32. The predicted octanol–water partition coefficient (Wildman–Crippen LogP) is 1.61. The Morgan fingerprint density at radius 1 is 1.42 bits per heavy atom. The number of halogens is 2. The molecule has 1 atom stereocenters. The number of rotatable bonds is 4. The molecule has 0 saturated carbocycles. The average Bonchev–Trinajstić information content (AvgIpc) is 2.81. The Labute approximate surface area is 122 Å². The number of nitrogens with two attached hydrogens (primary N) is 1. The van der Waals surface area contributed by atoms with E-state index >= 15 is 0 Å². The van der Waals surface area contributed by atoms with Crippen LogP contribution in [-0.2, 0) is 17.3 Å². The zero-order valence-corrected chi connectivity index (χ0v) is 12.3. The van der Waals surface area contributed by atoms with Crippen molar-refractivity contribution in [2.24, 2.45) is 0 Å². The molecule has 1 aromatic heterocycles. The molecule has 19 heavy (non-hydrogen) atoms. The van der Waals surface area contributed by atoms with E-state index in [1.54, 1.807) is 23.1 Å². The zero-order valence-electron chi connectivity index (χ0n) is 10.0. The van der Waals surface area contributed by atoms with Gasteiger partial charge in [-0.15, -0.1) is 5.10 Å². The summed E-state index contributed by atoms with van der Waals surface area (Å²) >= 11 is 11.9. The van der Waals surface area contributed by atoms with Gasteiger partial charge in [0.15, 0.2) is 5.82 Å². The first-order valence-electron chi connectivity index (χ1n) is 5.30. The van der Waals surface area contributed by atoms with Crippen LogP contribution in [0.2, 0.25) is 10.0 Å². The highest BCUT2D eigenvalue weighted by molar-refractivity contribution is 7.84. The number of anilines is 1. The molecule has 2 rings (SSSR count). The fourth-order valence-electron chi connectivity index (χ4n) is 1.52. The van der Waals surface area contributed by atoms with Crippen molar-refractivity contribution in [1.29, 1.82) is 0 Å². The monoisotopic (exact) mass is 319 g/mol. The Kier molecular flexibility index (Phi) is 4.38. The number of nitrogens with zero attached hydrogens (tertiary/aromatic N) is 4. The molecule has 102 valence electrons. The Bertz CT molecular complexity index is 607. The Morgan fingerprint density at radius 3 is 2.79 bits per heavy atom. The van der Waals surface area contributed by atoms with Gasteiger partial charge in [-0.2, -0.15) is 0 Å². The van der Waals surface area contributed by atoms with Crippen molar-refractivity contribution < 1.29 is 4.21 Å². The van der Waals surface area contributed by atoms with Gasteiger partial charge in [0.05, 0.1) is 22.3 Å². The van der Waals surface area contributed by atoms with Crippen LogP contribution in [0.15, 0.2) is 12.1 Å². The molecule has 1 aromatic carbocycles. The van der Waals surface area contributed by atoms with Gasteiger partial charge in [0, 0.05) is 28.4 Å². The maximum absolute atomic E-state index is 11.1. The molecule has 0 aliphatic heterocycles. The van der Waals surface area contributed by atoms with Crippen LogP contribution in [0.1, 0.15) is 0 Å². The van der Waals surface area contributed by atoms with E-state index in [1.165, 1.54) is 0 Å². The quantitative estimate of drug-likeness (QED) is 0.865. The molecule has 9 heteroatoms. The lowest BCUT2D eigenvalue weighted by Gasteiger charge is -2.06. The second-order valence-electron chi connectivity index (χ2n) is 3.86. The van der Waals surface area contributed by atoms with E-state index < -0.39 is 10.8 Å². The number of nitrogen functional groups attached to an aromatic ring is 1. The molecule has 2 aromatic rings. The molecule has 0 radical (unpaired) electrons. The lowest BCUT2D eigenvalue weighted by Crippen LogP contribution is -2.09. The Hall–Kier alpha value is -1.18. The highest BCUT2D eigenvalue weighted by atomic mass is 35.5. The molecule has 6 nitrogen and oxygen atoms in total. The van der Waals surface area contributed by atoms with Gasteiger partial charge in [0.2, 0.25) is 0 Å². The topological polar surface area (TPSA) is 86.7 Å². The van der Waals surface area contributed by atoms with Crippen LogP contribution >= 0.6 is 23.2 Å². The second-order valence-corrected chi connectivity index (χ2v) is 6.20. The van der Waals surface area contributed by atoms with Gasteiger partial charge >= 0.3 is 0 Å². The van der Waals surface area contributed by atoms with Crippen LogP contribution in [0.5, 0.6) is 0 Å². The predicted molar refractivity (Wildman–Crippen MR) is 76.6 cm³/mol. The van der Waals surface area contributed by atoms with E-state index in [9.17, 15) is 4.21 Å². The SMILES string of the molecule is CS(=O)CCn1nnnc1-c1cc(N)c(Cl)c(Cl)c1. The third-order valence-corrected chi connectivity index (χ3v) is 4.01. The summed E-state index contributed by atoms with van der Waals surface area (Å²) in [6.07, 6.45) is 1.63. The van der Waals surface area contributed by atoms with Crippen LogP contribution in [-0.4, -0.2) is 36.4 Å². The van der Waals surface area contributed by atoms with Gasteiger partial charge in [-0.05, 0) is 22.6 Å². The van der Waals surface area contributed by atoms with Gasteiger partial charge in [-0.3, -0.25) is 4.21 Å². The van der Waals surface area contributed by atoms with E-state index in [4.69, 9.17) is 28.9 Å². The van der Waals surface area contributed by atoms with Gasteiger partial charge in [-0.1, -0.05) is 23.2 Å². The Balaban J connectivity index is 2.37. The molecular formula is C10H11Cl2N5OS. The third-order valence-electron chi connectivity index (χ3n) is 2.44. The molecule has 0 aliphatic carbocycles. The summed E-state index contributed by atoms with van der Waals surface area (Å²) in [5.74, 6) is 0.977. The smallest absolute Gasteiger partial charge is 0.182 e. The first kappa shape index (κ1) is 14.2. The molecule has 1 unspecified atom stereocenters. The third kappa shape index (κ3) is 3.23. The Morgan fingerprint density at radius 2 is 2.16 bits per heavy atom. The maximum atomic E-state index is 11.1. The molecule has 0 aliphatic rings. The van der Waals surface area contributed by atoms with Crippen molar-refractivity contribution in [3.63, 3.8) is 0 Å². The average molecular weight is 320 g/mol. The number of hydrogen-bond acceptors (Lipinski definition) is 5. The van der Waals surface area contributed by atoms with Crippen LogP contribution in [0, 0.1) is 0 Å². The van der Waals surface area contributed by atoms with Crippen LogP contribution in [0.4, 0.5) is 5.69 Å². The van der Waals surface area contributed by atoms with E-state index in [2.05, 4.69) is 15.5 Å². The standard InChI is InChI=1S/C10H11Cl2N5OS/c1-19(18)3-2-17-10(14-15-16-17)6-4-7(11)9(12)8(13)5-6/h4-5H,2-3,13H2,1H3. The van der Waals surface area contributed by atoms with Gasteiger partial charge < -0.3 is 5.73 Å². The number of hydrogen-bond donors (Lipinski definition) is 1.